The van der Waals surface area contributed by atoms with Crippen LogP contribution < -0.4 is 5.32 Å². The Balaban J connectivity index is 2.26. The molecule has 0 saturated carbocycles. The summed E-state index contributed by atoms with van der Waals surface area (Å²) in [4.78, 5) is 0. The van der Waals surface area contributed by atoms with E-state index in [1.54, 1.807) is 10.4 Å². The minimum atomic E-state index is -3.41. The molecule has 1 fully saturated rings. The van der Waals surface area contributed by atoms with Crippen molar-refractivity contribution in [2.24, 2.45) is 0 Å². The van der Waals surface area contributed by atoms with Gasteiger partial charge in [0.1, 0.15) is 4.21 Å². The van der Waals surface area contributed by atoms with Crippen molar-refractivity contribution in [2.75, 3.05) is 20.2 Å². The highest BCUT2D eigenvalue weighted by Crippen LogP contribution is 2.28. The number of hydrogen-bond acceptors (Lipinski definition) is 5. The fourth-order valence-electron chi connectivity index (χ4n) is 2.33. The maximum atomic E-state index is 12.8. The van der Waals surface area contributed by atoms with Crippen molar-refractivity contribution in [3.8, 4) is 0 Å². The second-order valence-electron chi connectivity index (χ2n) is 5.09. The van der Waals surface area contributed by atoms with Crippen molar-refractivity contribution in [2.45, 2.75) is 43.2 Å². The van der Waals surface area contributed by atoms with Gasteiger partial charge in [0.05, 0.1) is 12.7 Å². The lowest BCUT2D eigenvalue weighted by Crippen LogP contribution is -2.50. The summed E-state index contributed by atoms with van der Waals surface area (Å²) >= 11 is 1.29. The number of rotatable bonds is 5. The molecule has 114 valence electrons. The SMILES string of the molecule is CCC1COC(C)CN1S(=O)(=O)c1cc(CNC)cs1. The second kappa shape index (κ2) is 6.53. The number of sulfonamides is 1. The first kappa shape index (κ1) is 15.9. The van der Waals surface area contributed by atoms with Crippen LogP contribution in [0.5, 0.6) is 0 Å². The Bertz CT molecular complexity index is 542. The summed E-state index contributed by atoms with van der Waals surface area (Å²) in [5.74, 6) is 0. The molecule has 7 heteroatoms. The number of morpholine rings is 1. The molecule has 1 aliphatic heterocycles. The van der Waals surface area contributed by atoms with E-state index in [9.17, 15) is 8.42 Å². The van der Waals surface area contributed by atoms with Gasteiger partial charge in [0.2, 0.25) is 0 Å². The lowest BCUT2D eigenvalue weighted by atomic mass is 10.2. The molecule has 20 heavy (non-hydrogen) atoms. The first-order valence-corrected chi connectivity index (χ1v) is 9.16. The van der Waals surface area contributed by atoms with Gasteiger partial charge in [0.15, 0.2) is 0 Å². The Morgan fingerprint density at radius 1 is 1.55 bits per heavy atom. The van der Waals surface area contributed by atoms with Crippen LogP contribution >= 0.6 is 11.3 Å². The summed E-state index contributed by atoms with van der Waals surface area (Å²) in [7, 11) is -1.56. The van der Waals surface area contributed by atoms with Crippen LogP contribution in [0.15, 0.2) is 15.7 Å². The molecule has 0 bridgehead atoms. The molecule has 0 aliphatic carbocycles. The molecule has 2 rings (SSSR count). The Hall–Kier alpha value is -0.470. The zero-order valence-corrected chi connectivity index (χ0v) is 13.8. The third kappa shape index (κ3) is 3.23. The molecule has 1 aliphatic rings. The molecule has 0 amide bonds. The predicted octanol–water partition coefficient (Wildman–Crippen LogP) is 1.66. The second-order valence-corrected chi connectivity index (χ2v) is 8.11. The lowest BCUT2D eigenvalue weighted by Gasteiger charge is -2.36. The molecular weight excluding hydrogens is 296 g/mol. The fraction of sp³-hybridized carbons (Fsp3) is 0.692. The van der Waals surface area contributed by atoms with Crippen LogP contribution in [0, 0.1) is 0 Å². The van der Waals surface area contributed by atoms with Gasteiger partial charge in [-0.3, -0.25) is 0 Å². The molecule has 2 heterocycles. The minimum absolute atomic E-state index is 0.0516. The standard InChI is InChI=1S/C13H22N2O3S2/c1-4-12-8-18-10(2)7-15(12)20(16,17)13-5-11(6-14-3)9-19-13/h5,9-10,12,14H,4,6-8H2,1-3H3. The highest BCUT2D eigenvalue weighted by Gasteiger charge is 2.36. The van der Waals surface area contributed by atoms with Gasteiger partial charge >= 0.3 is 0 Å². The third-order valence-corrected chi connectivity index (χ3v) is 6.84. The monoisotopic (exact) mass is 318 g/mol. The highest BCUT2D eigenvalue weighted by molar-refractivity contribution is 7.91. The number of nitrogens with zero attached hydrogens (tertiary/aromatic N) is 1. The van der Waals surface area contributed by atoms with Crippen molar-refractivity contribution in [3.63, 3.8) is 0 Å². The van der Waals surface area contributed by atoms with Crippen LogP contribution in [-0.4, -0.2) is 45.1 Å². The van der Waals surface area contributed by atoms with E-state index in [2.05, 4.69) is 5.32 Å². The lowest BCUT2D eigenvalue weighted by molar-refractivity contribution is -0.0229. The average Bonchev–Trinajstić information content (AvgIpc) is 2.88. The van der Waals surface area contributed by atoms with Crippen molar-refractivity contribution in [1.29, 1.82) is 0 Å². The topological polar surface area (TPSA) is 58.6 Å². The van der Waals surface area contributed by atoms with Crippen molar-refractivity contribution >= 4 is 21.4 Å². The van der Waals surface area contributed by atoms with Gasteiger partial charge in [0, 0.05) is 19.1 Å². The molecule has 1 aromatic heterocycles. The van der Waals surface area contributed by atoms with Gasteiger partial charge in [-0.05, 0) is 37.4 Å². The summed E-state index contributed by atoms with van der Waals surface area (Å²) in [5, 5.41) is 4.93. The normalized spacial score (nSPS) is 24.9. The highest BCUT2D eigenvalue weighted by atomic mass is 32.2. The van der Waals surface area contributed by atoms with Crippen LogP contribution in [-0.2, 0) is 21.3 Å². The van der Waals surface area contributed by atoms with E-state index < -0.39 is 10.0 Å². The van der Waals surface area contributed by atoms with Crippen LogP contribution in [0.3, 0.4) is 0 Å². The van der Waals surface area contributed by atoms with E-state index in [1.165, 1.54) is 11.3 Å². The van der Waals surface area contributed by atoms with Gasteiger partial charge in [-0.1, -0.05) is 6.92 Å². The smallest absolute Gasteiger partial charge is 0.252 e. The van der Waals surface area contributed by atoms with E-state index in [4.69, 9.17) is 4.74 Å². The maximum absolute atomic E-state index is 12.8. The number of ether oxygens (including phenoxy) is 1. The van der Waals surface area contributed by atoms with Crippen LogP contribution in [0.25, 0.3) is 0 Å². The van der Waals surface area contributed by atoms with Gasteiger partial charge in [-0.2, -0.15) is 4.31 Å². The van der Waals surface area contributed by atoms with Crippen molar-refractivity contribution < 1.29 is 13.2 Å². The quantitative estimate of drug-likeness (QED) is 0.897. The number of nitrogens with one attached hydrogen (secondary N) is 1. The predicted molar refractivity (Wildman–Crippen MR) is 80.5 cm³/mol. The van der Waals surface area contributed by atoms with E-state index >= 15 is 0 Å². The van der Waals surface area contributed by atoms with Crippen LogP contribution in [0.2, 0.25) is 0 Å². The summed E-state index contributed by atoms with van der Waals surface area (Å²) < 4.78 is 33.2. The molecule has 0 aromatic carbocycles. The molecule has 0 radical (unpaired) electrons. The average molecular weight is 318 g/mol. The van der Waals surface area contributed by atoms with Gasteiger partial charge in [0.25, 0.3) is 10.0 Å². The fourth-order valence-corrected chi connectivity index (χ4v) is 5.43. The largest absolute Gasteiger partial charge is 0.375 e. The molecule has 1 saturated heterocycles. The first-order chi connectivity index (χ1) is 9.48. The molecule has 2 atom stereocenters. The molecule has 2 unspecified atom stereocenters. The zero-order valence-electron chi connectivity index (χ0n) is 12.1. The third-order valence-electron chi connectivity index (χ3n) is 3.46. The summed E-state index contributed by atoms with van der Waals surface area (Å²) in [6.45, 7) is 5.50. The molecule has 0 spiro atoms. The number of thiophene rings is 1. The minimum Gasteiger partial charge on any atom is -0.375 e. The van der Waals surface area contributed by atoms with Crippen molar-refractivity contribution in [1.82, 2.24) is 9.62 Å². The zero-order chi connectivity index (χ0) is 14.8. The summed E-state index contributed by atoms with van der Waals surface area (Å²) in [6.07, 6.45) is 0.713. The molecule has 1 aromatic rings. The van der Waals surface area contributed by atoms with E-state index in [0.29, 0.717) is 23.9 Å². The van der Waals surface area contributed by atoms with Gasteiger partial charge in [-0.25, -0.2) is 8.42 Å². The first-order valence-electron chi connectivity index (χ1n) is 6.84. The molecular formula is C13H22N2O3S2. The Labute approximate surface area is 125 Å². The Morgan fingerprint density at radius 3 is 2.95 bits per heavy atom. The Kier molecular flexibility index (Phi) is 5.19. The van der Waals surface area contributed by atoms with E-state index in [1.807, 2.05) is 26.3 Å². The number of hydrogen-bond donors (Lipinski definition) is 1. The van der Waals surface area contributed by atoms with E-state index in [-0.39, 0.29) is 12.1 Å². The van der Waals surface area contributed by atoms with Crippen LogP contribution in [0.1, 0.15) is 25.8 Å². The van der Waals surface area contributed by atoms with Gasteiger partial charge < -0.3 is 10.1 Å². The summed E-state index contributed by atoms with van der Waals surface area (Å²) in [5.41, 5.74) is 1.01. The Morgan fingerprint density at radius 2 is 2.30 bits per heavy atom. The molecule has 1 N–H and O–H groups in total. The maximum Gasteiger partial charge on any atom is 0.252 e. The summed E-state index contributed by atoms with van der Waals surface area (Å²) in [6, 6.07) is 1.70. The van der Waals surface area contributed by atoms with Gasteiger partial charge in [-0.15, -0.1) is 11.3 Å². The van der Waals surface area contributed by atoms with Crippen molar-refractivity contribution in [3.05, 3.63) is 17.0 Å². The van der Waals surface area contributed by atoms with E-state index in [0.717, 1.165) is 12.0 Å². The molecule has 5 nitrogen and oxygen atoms in total. The van der Waals surface area contributed by atoms with Crippen LogP contribution in [0.4, 0.5) is 0 Å².